The zero-order chi connectivity index (χ0) is 14.3. The minimum atomic E-state index is -3.75. The van der Waals surface area contributed by atoms with E-state index in [0.29, 0.717) is 0 Å². The van der Waals surface area contributed by atoms with Gasteiger partial charge in [0.1, 0.15) is 5.82 Å². The third kappa shape index (κ3) is 2.96. The minimum absolute atomic E-state index is 0.00861. The second-order valence-corrected chi connectivity index (χ2v) is 8.71. The fourth-order valence-corrected chi connectivity index (χ4v) is 4.82. The Morgan fingerprint density at radius 1 is 1.21 bits per heavy atom. The zero-order valence-corrected chi connectivity index (χ0v) is 12.0. The summed E-state index contributed by atoms with van der Waals surface area (Å²) in [4.78, 5) is -0.00861. The van der Waals surface area contributed by atoms with E-state index in [0.717, 1.165) is 10.4 Å². The second kappa shape index (κ2) is 4.84. The van der Waals surface area contributed by atoms with Gasteiger partial charge in [-0.15, -0.1) is 0 Å². The van der Waals surface area contributed by atoms with Gasteiger partial charge >= 0.3 is 0 Å². The summed E-state index contributed by atoms with van der Waals surface area (Å²) in [5, 5.41) is 0. The SMILES string of the molecule is Cc1cc(S(=O)(=O)N2CCS(=O)(=O)CC2)ccc1F. The van der Waals surface area contributed by atoms with Crippen molar-refractivity contribution in [1.82, 2.24) is 4.31 Å². The fraction of sp³-hybridized carbons (Fsp3) is 0.455. The lowest BCUT2D eigenvalue weighted by atomic mass is 10.2. The van der Waals surface area contributed by atoms with Crippen LogP contribution in [0.1, 0.15) is 5.56 Å². The number of halogens is 1. The number of rotatable bonds is 2. The molecule has 0 aliphatic carbocycles. The van der Waals surface area contributed by atoms with Gasteiger partial charge in [0.2, 0.25) is 10.0 Å². The van der Waals surface area contributed by atoms with Gasteiger partial charge in [0.05, 0.1) is 16.4 Å². The van der Waals surface area contributed by atoms with Crippen LogP contribution in [0.3, 0.4) is 0 Å². The monoisotopic (exact) mass is 307 g/mol. The van der Waals surface area contributed by atoms with Gasteiger partial charge < -0.3 is 0 Å². The van der Waals surface area contributed by atoms with Crippen LogP contribution in [0, 0.1) is 12.7 Å². The lowest BCUT2D eigenvalue weighted by molar-refractivity contribution is 0.430. The highest BCUT2D eigenvalue weighted by molar-refractivity contribution is 7.92. The third-order valence-corrected chi connectivity index (χ3v) is 6.57. The molecule has 106 valence electrons. The first kappa shape index (κ1) is 14.4. The molecule has 8 heteroatoms. The molecule has 0 aromatic heterocycles. The van der Waals surface area contributed by atoms with Crippen molar-refractivity contribution in [3.63, 3.8) is 0 Å². The Labute approximate surface area is 112 Å². The molecule has 0 unspecified atom stereocenters. The topological polar surface area (TPSA) is 71.5 Å². The molecule has 1 aliphatic rings. The van der Waals surface area contributed by atoms with E-state index in [1.54, 1.807) is 0 Å². The summed E-state index contributed by atoms with van der Waals surface area (Å²) >= 11 is 0. The maximum absolute atomic E-state index is 13.1. The number of benzene rings is 1. The highest BCUT2D eigenvalue weighted by atomic mass is 32.2. The lowest BCUT2D eigenvalue weighted by Crippen LogP contribution is -2.43. The molecule has 19 heavy (non-hydrogen) atoms. The third-order valence-electron chi connectivity index (χ3n) is 3.07. The smallest absolute Gasteiger partial charge is 0.229 e. The molecule has 1 heterocycles. The molecule has 0 N–H and O–H groups in total. The first-order valence-electron chi connectivity index (χ1n) is 5.69. The summed E-state index contributed by atoms with van der Waals surface area (Å²) in [6, 6.07) is 3.55. The predicted molar refractivity (Wildman–Crippen MR) is 68.5 cm³/mol. The number of nitrogens with zero attached hydrogens (tertiary/aromatic N) is 1. The first-order valence-corrected chi connectivity index (χ1v) is 8.95. The van der Waals surface area contributed by atoms with Gasteiger partial charge in [-0.1, -0.05) is 0 Å². The molecule has 0 atom stereocenters. The fourth-order valence-electron chi connectivity index (χ4n) is 1.86. The number of hydrogen-bond donors (Lipinski definition) is 0. The Balaban J connectivity index is 2.30. The average Bonchev–Trinajstić information content (AvgIpc) is 2.32. The molecular formula is C11H14FNO4S2. The molecule has 2 rings (SSSR count). The largest absolute Gasteiger partial charge is 0.243 e. The van der Waals surface area contributed by atoms with Crippen molar-refractivity contribution in [2.24, 2.45) is 0 Å². The minimum Gasteiger partial charge on any atom is -0.229 e. The Morgan fingerprint density at radius 3 is 2.32 bits per heavy atom. The first-order chi connectivity index (χ1) is 8.72. The van der Waals surface area contributed by atoms with E-state index >= 15 is 0 Å². The normalized spacial score (nSPS) is 20.3. The summed E-state index contributed by atoms with van der Waals surface area (Å²) < 4.78 is 61.4. The summed E-state index contributed by atoms with van der Waals surface area (Å²) in [6.45, 7) is 1.37. The molecule has 0 spiro atoms. The summed E-state index contributed by atoms with van der Waals surface area (Å²) in [5.74, 6) is -0.820. The lowest BCUT2D eigenvalue weighted by Gasteiger charge is -2.26. The summed E-state index contributed by atoms with van der Waals surface area (Å²) in [6.07, 6.45) is 0. The number of sulfonamides is 1. The zero-order valence-electron chi connectivity index (χ0n) is 10.3. The molecule has 0 radical (unpaired) electrons. The van der Waals surface area contributed by atoms with Crippen LogP contribution >= 0.6 is 0 Å². The van der Waals surface area contributed by atoms with E-state index in [9.17, 15) is 21.2 Å². The number of sulfone groups is 1. The average molecular weight is 307 g/mol. The van der Waals surface area contributed by atoms with Gasteiger partial charge in [0.25, 0.3) is 0 Å². The number of aryl methyl sites for hydroxylation is 1. The van der Waals surface area contributed by atoms with Crippen molar-refractivity contribution in [1.29, 1.82) is 0 Å². The van der Waals surface area contributed by atoms with Crippen molar-refractivity contribution in [3.05, 3.63) is 29.6 Å². The molecule has 1 fully saturated rings. The van der Waals surface area contributed by atoms with Crippen LogP contribution in [0.25, 0.3) is 0 Å². The Hall–Kier alpha value is -0.990. The molecule has 5 nitrogen and oxygen atoms in total. The Kier molecular flexibility index (Phi) is 3.67. The van der Waals surface area contributed by atoms with Crippen LogP contribution in [0.2, 0.25) is 0 Å². The highest BCUT2D eigenvalue weighted by Crippen LogP contribution is 2.20. The van der Waals surface area contributed by atoms with E-state index < -0.39 is 25.7 Å². The van der Waals surface area contributed by atoms with E-state index in [1.807, 2.05) is 0 Å². The van der Waals surface area contributed by atoms with Crippen molar-refractivity contribution < 1.29 is 21.2 Å². The standard InChI is InChI=1S/C11H14FNO4S2/c1-9-8-10(2-3-11(9)12)19(16,17)13-4-6-18(14,15)7-5-13/h2-3,8H,4-7H2,1H3. The predicted octanol–water partition coefficient (Wildman–Crippen LogP) is 0.553. The van der Waals surface area contributed by atoms with Gasteiger partial charge in [0.15, 0.2) is 9.84 Å². The van der Waals surface area contributed by atoms with Crippen molar-refractivity contribution in [3.8, 4) is 0 Å². The van der Waals surface area contributed by atoms with Crippen molar-refractivity contribution in [2.45, 2.75) is 11.8 Å². The molecule has 0 amide bonds. The maximum atomic E-state index is 13.1. The van der Waals surface area contributed by atoms with Crippen molar-refractivity contribution in [2.75, 3.05) is 24.6 Å². The van der Waals surface area contributed by atoms with Crippen LogP contribution < -0.4 is 0 Å². The Bertz CT molecular complexity index is 683. The van der Waals surface area contributed by atoms with Crippen LogP contribution in [0.4, 0.5) is 4.39 Å². The molecule has 1 aromatic carbocycles. The molecular weight excluding hydrogens is 293 g/mol. The number of hydrogen-bond acceptors (Lipinski definition) is 4. The van der Waals surface area contributed by atoms with Crippen LogP contribution in [-0.2, 0) is 19.9 Å². The quantitative estimate of drug-likeness (QED) is 0.800. The molecule has 1 aliphatic heterocycles. The Morgan fingerprint density at radius 2 is 1.79 bits per heavy atom. The highest BCUT2D eigenvalue weighted by Gasteiger charge is 2.31. The summed E-state index contributed by atoms with van der Waals surface area (Å²) in [5.41, 5.74) is 0.241. The van der Waals surface area contributed by atoms with Gasteiger partial charge in [0, 0.05) is 13.1 Å². The summed E-state index contributed by atoms with van der Waals surface area (Å²) in [7, 11) is -6.89. The van der Waals surface area contributed by atoms with E-state index in [4.69, 9.17) is 0 Å². The van der Waals surface area contributed by atoms with Crippen LogP contribution in [0.5, 0.6) is 0 Å². The van der Waals surface area contributed by atoms with E-state index in [2.05, 4.69) is 0 Å². The van der Waals surface area contributed by atoms with E-state index in [1.165, 1.54) is 19.1 Å². The van der Waals surface area contributed by atoms with Crippen molar-refractivity contribution >= 4 is 19.9 Å². The van der Waals surface area contributed by atoms with Gasteiger partial charge in [-0.05, 0) is 30.7 Å². The second-order valence-electron chi connectivity index (χ2n) is 4.47. The van der Waals surface area contributed by atoms with Gasteiger partial charge in [-0.25, -0.2) is 21.2 Å². The van der Waals surface area contributed by atoms with Gasteiger partial charge in [-0.3, -0.25) is 0 Å². The maximum Gasteiger partial charge on any atom is 0.243 e. The molecule has 0 saturated carbocycles. The molecule has 1 aromatic rings. The van der Waals surface area contributed by atoms with Gasteiger partial charge in [-0.2, -0.15) is 4.31 Å². The van der Waals surface area contributed by atoms with Crippen LogP contribution in [-0.4, -0.2) is 45.7 Å². The van der Waals surface area contributed by atoms with Crippen LogP contribution in [0.15, 0.2) is 23.1 Å². The van der Waals surface area contributed by atoms with E-state index in [-0.39, 0.29) is 35.1 Å². The molecule has 0 bridgehead atoms. The molecule has 1 saturated heterocycles.